The van der Waals surface area contributed by atoms with E-state index in [1.54, 1.807) is 36.5 Å². The number of halogens is 1. The lowest BCUT2D eigenvalue weighted by Gasteiger charge is -2.07. The lowest BCUT2D eigenvalue weighted by molar-refractivity contribution is 0.262. The predicted octanol–water partition coefficient (Wildman–Crippen LogP) is 2.84. The highest BCUT2D eigenvalue weighted by Gasteiger charge is 2.03. The third-order valence-corrected chi connectivity index (χ3v) is 2.62. The summed E-state index contributed by atoms with van der Waals surface area (Å²) >= 11 is 5.83. The van der Waals surface area contributed by atoms with Gasteiger partial charge in [-0.1, -0.05) is 23.7 Å². The fourth-order valence-electron chi connectivity index (χ4n) is 1.46. The van der Waals surface area contributed by atoms with Crippen molar-refractivity contribution >= 4 is 29.1 Å². The van der Waals surface area contributed by atoms with E-state index < -0.39 is 0 Å². The van der Waals surface area contributed by atoms with Crippen molar-refractivity contribution in [2.45, 2.75) is 6.54 Å². The molecule has 0 radical (unpaired) electrons. The van der Waals surface area contributed by atoms with Crippen LogP contribution in [0.15, 0.2) is 42.6 Å². The lowest BCUT2D eigenvalue weighted by Crippen LogP contribution is -2.20. The Morgan fingerprint density at radius 2 is 2.11 bits per heavy atom. The number of nitrogens with zero attached hydrogens (tertiary/aromatic N) is 1. The van der Waals surface area contributed by atoms with Crippen molar-refractivity contribution in [3.63, 3.8) is 0 Å². The van der Waals surface area contributed by atoms with Crippen LogP contribution in [-0.2, 0) is 6.54 Å². The molecule has 0 aliphatic heterocycles. The summed E-state index contributed by atoms with van der Waals surface area (Å²) in [5.41, 5.74) is 6.98. The van der Waals surface area contributed by atoms with Crippen molar-refractivity contribution in [3.8, 4) is 0 Å². The zero-order valence-corrected chi connectivity index (χ0v) is 10.8. The van der Waals surface area contributed by atoms with Crippen LogP contribution < -0.4 is 16.4 Å². The normalized spacial score (nSPS) is 10.0. The Morgan fingerprint density at radius 3 is 2.74 bits per heavy atom. The van der Waals surface area contributed by atoms with E-state index in [0.29, 0.717) is 23.1 Å². The van der Waals surface area contributed by atoms with Crippen molar-refractivity contribution in [1.82, 2.24) is 4.98 Å². The summed E-state index contributed by atoms with van der Waals surface area (Å²) in [4.78, 5) is 15.8. The largest absolute Gasteiger partial charge is 0.326 e. The Hall–Kier alpha value is -2.11. The van der Waals surface area contributed by atoms with Gasteiger partial charge >= 0.3 is 6.03 Å². The second-order valence-corrected chi connectivity index (χ2v) is 4.28. The number of carbonyl (C=O) groups is 1. The van der Waals surface area contributed by atoms with E-state index in [9.17, 15) is 4.79 Å². The molecular formula is C13H13ClN4O. The predicted molar refractivity (Wildman–Crippen MR) is 76.2 cm³/mol. The Bertz CT molecular complexity index is 571. The van der Waals surface area contributed by atoms with Crippen molar-refractivity contribution in [3.05, 3.63) is 53.2 Å². The highest BCUT2D eigenvalue weighted by molar-refractivity contribution is 6.30. The van der Waals surface area contributed by atoms with E-state index in [1.165, 1.54) is 0 Å². The monoisotopic (exact) mass is 276 g/mol. The number of amides is 2. The second kappa shape index (κ2) is 6.17. The molecule has 2 rings (SSSR count). The van der Waals surface area contributed by atoms with Gasteiger partial charge in [0.05, 0.1) is 0 Å². The summed E-state index contributed by atoms with van der Waals surface area (Å²) < 4.78 is 0. The number of hydrogen-bond donors (Lipinski definition) is 3. The van der Waals surface area contributed by atoms with Gasteiger partial charge in [-0.2, -0.15) is 0 Å². The molecule has 19 heavy (non-hydrogen) atoms. The standard InChI is InChI=1S/C13H13ClN4O/c14-10-2-1-3-11(6-10)17-13(19)18-12-5-4-9(7-15)8-16-12/h1-6,8H,7,15H2,(H2,16,17,18,19). The van der Waals surface area contributed by atoms with Gasteiger partial charge < -0.3 is 11.1 Å². The van der Waals surface area contributed by atoms with Gasteiger partial charge in [0.25, 0.3) is 0 Å². The number of urea groups is 1. The molecule has 0 bridgehead atoms. The van der Waals surface area contributed by atoms with Crippen LogP contribution in [0.25, 0.3) is 0 Å². The molecule has 4 N–H and O–H groups in total. The number of benzene rings is 1. The second-order valence-electron chi connectivity index (χ2n) is 3.85. The average Bonchev–Trinajstić information content (AvgIpc) is 2.39. The fourth-order valence-corrected chi connectivity index (χ4v) is 1.65. The minimum Gasteiger partial charge on any atom is -0.326 e. The van der Waals surface area contributed by atoms with Gasteiger partial charge in [0.15, 0.2) is 0 Å². The van der Waals surface area contributed by atoms with Crippen molar-refractivity contribution in [2.75, 3.05) is 10.6 Å². The van der Waals surface area contributed by atoms with E-state index in [2.05, 4.69) is 15.6 Å². The summed E-state index contributed by atoms with van der Waals surface area (Å²) in [6, 6.07) is 10.0. The molecule has 6 heteroatoms. The topological polar surface area (TPSA) is 80.0 Å². The maximum Gasteiger partial charge on any atom is 0.324 e. The first kappa shape index (κ1) is 13.3. The SMILES string of the molecule is NCc1ccc(NC(=O)Nc2cccc(Cl)c2)nc1. The third kappa shape index (κ3) is 3.94. The van der Waals surface area contributed by atoms with E-state index in [1.807, 2.05) is 6.07 Å². The Labute approximate surface area is 115 Å². The Balaban J connectivity index is 1.97. The maximum atomic E-state index is 11.7. The first-order chi connectivity index (χ1) is 9.17. The molecule has 1 aromatic carbocycles. The highest BCUT2D eigenvalue weighted by atomic mass is 35.5. The number of hydrogen-bond acceptors (Lipinski definition) is 3. The fraction of sp³-hybridized carbons (Fsp3) is 0.0769. The molecule has 98 valence electrons. The molecule has 0 atom stereocenters. The summed E-state index contributed by atoms with van der Waals surface area (Å²) in [6.45, 7) is 0.419. The number of carbonyl (C=O) groups excluding carboxylic acids is 1. The van der Waals surface area contributed by atoms with Gasteiger partial charge in [0, 0.05) is 23.5 Å². The van der Waals surface area contributed by atoms with E-state index in [4.69, 9.17) is 17.3 Å². The van der Waals surface area contributed by atoms with E-state index in [0.717, 1.165) is 5.56 Å². The van der Waals surface area contributed by atoms with Crippen LogP contribution >= 0.6 is 11.6 Å². The van der Waals surface area contributed by atoms with Crippen LogP contribution in [-0.4, -0.2) is 11.0 Å². The molecule has 0 unspecified atom stereocenters. The van der Waals surface area contributed by atoms with Crippen LogP contribution in [0, 0.1) is 0 Å². The number of aromatic nitrogens is 1. The number of anilines is 2. The summed E-state index contributed by atoms with van der Waals surface area (Å²) in [7, 11) is 0. The zero-order valence-electron chi connectivity index (χ0n) is 10.1. The summed E-state index contributed by atoms with van der Waals surface area (Å²) in [5.74, 6) is 0.455. The van der Waals surface area contributed by atoms with Crippen molar-refractivity contribution in [1.29, 1.82) is 0 Å². The van der Waals surface area contributed by atoms with Gasteiger partial charge in [-0.25, -0.2) is 9.78 Å². The summed E-state index contributed by atoms with van der Waals surface area (Å²) in [6.07, 6.45) is 1.62. The van der Waals surface area contributed by atoms with Gasteiger partial charge in [-0.3, -0.25) is 5.32 Å². The highest BCUT2D eigenvalue weighted by Crippen LogP contribution is 2.15. The average molecular weight is 277 g/mol. The summed E-state index contributed by atoms with van der Waals surface area (Å²) in [5, 5.41) is 5.84. The molecule has 0 aliphatic rings. The maximum absolute atomic E-state index is 11.7. The molecule has 0 saturated heterocycles. The molecule has 0 aliphatic carbocycles. The molecule has 0 saturated carbocycles. The lowest BCUT2D eigenvalue weighted by atomic mass is 10.3. The number of nitrogens with two attached hydrogens (primary N) is 1. The van der Waals surface area contributed by atoms with Crippen LogP contribution in [0.5, 0.6) is 0 Å². The quantitative estimate of drug-likeness (QED) is 0.806. The van der Waals surface area contributed by atoms with Gasteiger partial charge in [0.1, 0.15) is 5.82 Å². The third-order valence-electron chi connectivity index (χ3n) is 2.38. The molecule has 0 spiro atoms. The molecule has 5 nitrogen and oxygen atoms in total. The van der Waals surface area contributed by atoms with Crippen molar-refractivity contribution < 1.29 is 4.79 Å². The minimum atomic E-state index is -0.379. The number of rotatable bonds is 3. The van der Waals surface area contributed by atoms with Gasteiger partial charge in [-0.05, 0) is 29.8 Å². The van der Waals surface area contributed by atoms with Crippen molar-refractivity contribution in [2.24, 2.45) is 5.73 Å². The minimum absolute atomic E-state index is 0.379. The van der Waals surface area contributed by atoms with Crippen LogP contribution in [0.4, 0.5) is 16.3 Å². The molecule has 2 amide bonds. The molecule has 1 heterocycles. The van der Waals surface area contributed by atoms with Crippen LogP contribution in [0.1, 0.15) is 5.56 Å². The van der Waals surface area contributed by atoms with Gasteiger partial charge in [0.2, 0.25) is 0 Å². The van der Waals surface area contributed by atoms with E-state index in [-0.39, 0.29) is 6.03 Å². The van der Waals surface area contributed by atoms with E-state index >= 15 is 0 Å². The smallest absolute Gasteiger partial charge is 0.324 e. The Morgan fingerprint density at radius 1 is 1.26 bits per heavy atom. The number of pyridine rings is 1. The first-order valence-electron chi connectivity index (χ1n) is 5.66. The first-order valence-corrected chi connectivity index (χ1v) is 6.04. The molecule has 1 aromatic heterocycles. The molecule has 2 aromatic rings. The number of nitrogens with one attached hydrogen (secondary N) is 2. The zero-order chi connectivity index (χ0) is 13.7. The van der Waals surface area contributed by atoms with Crippen LogP contribution in [0.3, 0.4) is 0 Å². The molecule has 0 fully saturated rings. The van der Waals surface area contributed by atoms with Gasteiger partial charge in [-0.15, -0.1) is 0 Å². The van der Waals surface area contributed by atoms with Crippen LogP contribution in [0.2, 0.25) is 5.02 Å². The Kier molecular flexibility index (Phi) is 4.33. The molecular weight excluding hydrogens is 264 g/mol.